The van der Waals surface area contributed by atoms with Crippen LogP contribution in [-0.2, 0) is 11.2 Å². The monoisotopic (exact) mass is 342 g/mol. The number of nitrogen functional groups attached to an aromatic ring is 1. The first-order chi connectivity index (χ1) is 12.2. The van der Waals surface area contributed by atoms with E-state index in [9.17, 15) is 4.79 Å². The Labute approximate surface area is 146 Å². The number of rotatable bonds is 5. The molecule has 2 N–H and O–H groups in total. The van der Waals surface area contributed by atoms with Crippen LogP contribution in [0.25, 0.3) is 0 Å². The van der Waals surface area contributed by atoms with Crippen LogP contribution in [0.15, 0.2) is 36.7 Å². The van der Waals surface area contributed by atoms with E-state index in [-0.39, 0.29) is 12.0 Å². The van der Waals surface area contributed by atoms with Gasteiger partial charge in [0.15, 0.2) is 0 Å². The number of anilines is 1. The van der Waals surface area contributed by atoms with Crippen LogP contribution in [0.4, 0.5) is 5.82 Å². The van der Waals surface area contributed by atoms with Crippen molar-refractivity contribution >= 4 is 11.7 Å². The summed E-state index contributed by atoms with van der Waals surface area (Å²) in [6.07, 6.45) is 4.93. The number of aromatic nitrogens is 2. The van der Waals surface area contributed by atoms with Crippen molar-refractivity contribution in [3.05, 3.63) is 47.8 Å². The van der Waals surface area contributed by atoms with Crippen LogP contribution in [0, 0.1) is 0 Å². The summed E-state index contributed by atoms with van der Waals surface area (Å²) >= 11 is 0. The summed E-state index contributed by atoms with van der Waals surface area (Å²) in [6.45, 7) is 1.70. The third kappa shape index (κ3) is 4.45. The normalized spacial score (nSPS) is 17.3. The summed E-state index contributed by atoms with van der Waals surface area (Å²) < 4.78 is 10.8. The second-order valence-corrected chi connectivity index (χ2v) is 5.96. The lowest BCUT2D eigenvalue weighted by molar-refractivity contribution is -0.0246. The maximum atomic E-state index is 12.6. The van der Waals surface area contributed by atoms with Crippen LogP contribution in [-0.4, -0.2) is 53.7 Å². The highest BCUT2D eigenvalue weighted by Crippen LogP contribution is 2.16. The van der Waals surface area contributed by atoms with Gasteiger partial charge in [-0.1, -0.05) is 0 Å². The van der Waals surface area contributed by atoms with Gasteiger partial charge in [0.1, 0.15) is 5.82 Å². The SMILES string of the molecule is COc1ccc(C(=O)N2CCO[C@@H](CCc3ccnc(N)c3)C2)cn1. The number of amides is 1. The number of methoxy groups -OCH3 is 1. The average Bonchev–Trinajstić information content (AvgIpc) is 2.66. The summed E-state index contributed by atoms with van der Waals surface area (Å²) in [5.74, 6) is 0.982. The van der Waals surface area contributed by atoms with Crippen molar-refractivity contribution in [2.75, 3.05) is 32.5 Å². The van der Waals surface area contributed by atoms with E-state index in [1.807, 2.05) is 17.0 Å². The molecule has 0 spiro atoms. The summed E-state index contributed by atoms with van der Waals surface area (Å²) in [5, 5.41) is 0. The number of ether oxygens (including phenoxy) is 2. The van der Waals surface area contributed by atoms with Crippen LogP contribution in [0.1, 0.15) is 22.3 Å². The van der Waals surface area contributed by atoms with Crippen LogP contribution < -0.4 is 10.5 Å². The molecule has 2 aromatic rings. The number of pyridine rings is 2. The van der Waals surface area contributed by atoms with Gasteiger partial charge in [-0.2, -0.15) is 0 Å². The van der Waals surface area contributed by atoms with E-state index in [2.05, 4.69) is 9.97 Å². The standard InChI is InChI=1S/C18H22N4O3/c1-24-17-5-3-14(11-21-17)18(23)22-8-9-25-15(12-22)4-2-13-6-7-20-16(19)10-13/h3,5-7,10-11,15H,2,4,8-9,12H2,1H3,(H2,19,20)/t15-/m0/s1. The van der Waals surface area contributed by atoms with E-state index in [0.717, 1.165) is 18.4 Å². The lowest BCUT2D eigenvalue weighted by Gasteiger charge is -2.33. The van der Waals surface area contributed by atoms with Gasteiger partial charge in [-0.3, -0.25) is 4.79 Å². The minimum Gasteiger partial charge on any atom is -0.481 e. The molecule has 0 aliphatic carbocycles. The molecule has 2 aromatic heterocycles. The Balaban J connectivity index is 1.57. The fourth-order valence-corrected chi connectivity index (χ4v) is 2.87. The first-order valence-electron chi connectivity index (χ1n) is 8.27. The first-order valence-corrected chi connectivity index (χ1v) is 8.27. The van der Waals surface area contributed by atoms with Gasteiger partial charge in [0.05, 0.1) is 25.4 Å². The van der Waals surface area contributed by atoms with Gasteiger partial charge in [-0.15, -0.1) is 0 Å². The van der Waals surface area contributed by atoms with Crippen LogP contribution in [0.3, 0.4) is 0 Å². The summed E-state index contributed by atoms with van der Waals surface area (Å²) in [5.41, 5.74) is 7.39. The zero-order valence-electron chi connectivity index (χ0n) is 14.2. The quantitative estimate of drug-likeness (QED) is 0.886. The summed E-state index contributed by atoms with van der Waals surface area (Å²) in [6, 6.07) is 7.25. The Morgan fingerprint density at radius 3 is 3.00 bits per heavy atom. The highest BCUT2D eigenvalue weighted by Gasteiger charge is 2.25. The van der Waals surface area contributed by atoms with Crippen molar-refractivity contribution in [2.45, 2.75) is 18.9 Å². The molecule has 1 atom stereocenters. The minimum atomic E-state index is -0.0309. The molecule has 3 heterocycles. The Morgan fingerprint density at radius 2 is 2.28 bits per heavy atom. The molecule has 0 radical (unpaired) electrons. The highest BCUT2D eigenvalue weighted by molar-refractivity contribution is 5.94. The van der Waals surface area contributed by atoms with Gasteiger partial charge >= 0.3 is 0 Å². The largest absolute Gasteiger partial charge is 0.481 e. The fourth-order valence-electron chi connectivity index (χ4n) is 2.87. The number of carbonyl (C=O) groups excluding carboxylic acids is 1. The Morgan fingerprint density at radius 1 is 1.40 bits per heavy atom. The Bertz CT molecular complexity index is 721. The lowest BCUT2D eigenvalue weighted by Crippen LogP contribution is -2.45. The maximum Gasteiger partial charge on any atom is 0.255 e. The van der Waals surface area contributed by atoms with Crippen LogP contribution in [0.2, 0.25) is 0 Å². The molecule has 0 saturated carbocycles. The minimum absolute atomic E-state index is 0.0123. The van der Waals surface area contributed by atoms with Gasteiger partial charge in [-0.25, -0.2) is 9.97 Å². The maximum absolute atomic E-state index is 12.6. The molecule has 132 valence electrons. The lowest BCUT2D eigenvalue weighted by atomic mass is 10.1. The number of aryl methyl sites for hydroxylation is 1. The number of nitrogens with two attached hydrogens (primary N) is 1. The molecule has 0 aromatic carbocycles. The molecule has 3 rings (SSSR count). The van der Waals surface area contributed by atoms with Gasteiger partial charge in [0.2, 0.25) is 5.88 Å². The summed E-state index contributed by atoms with van der Waals surface area (Å²) in [4.78, 5) is 22.5. The van der Waals surface area contributed by atoms with E-state index >= 15 is 0 Å². The molecule has 1 amide bonds. The van der Waals surface area contributed by atoms with E-state index in [1.54, 1.807) is 31.6 Å². The second kappa shape index (κ2) is 7.94. The average molecular weight is 342 g/mol. The predicted molar refractivity (Wildman–Crippen MR) is 93.4 cm³/mol. The van der Waals surface area contributed by atoms with Crippen molar-refractivity contribution in [2.24, 2.45) is 0 Å². The third-order valence-corrected chi connectivity index (χ3v) is 4.22. The first kappa shape index (κ1) is 17.2. The van der Waals surface area contributed by atoms with Gasteiger partial charge < -0.3 is 20.1 Å². The zero-order valence-corrected chi connectivity index (χ0v) is 14.2. The van der Waals surface area contributed by atoms with Gasteiger partial charge in [0, 0.05) is 31.5 Å². The molecular weight excluding hydrogens is 320 g/mol. The van der Waals surface area contributed by atoms with Crippen molar-refractivity contribution in [1.82, 2.24) is 14.9 Å². The molecule has 25 heavy (non-hydrogen) atoms. The predicted octanol–water partition coefficient (Wildman–Crippen LogP) is 1.54. The van der Waals surface area contributed by atoms with E-state index in [0.29, 0.717) is 37.0 Å². The van der Waals surface area contributed by atoms with Crippen LogP contribution in [0.5, 0.6) is 5.88 Å². The van der Waals surface area contributed by atoms with E-state index in [4.69, 9.17) is 15.2 Å². The number of carbonyl (C=O) groups is 1. The molecule has 1 saturated heterocycles. The summed E-state index contributed by atoms with van der Waals surface area (Å²) in [7, 11) is 1.55. The van der Waals surface area contributed by atoms with E-state index in [1.165, 1.54) is 0 Å². The zero-order chi connectivity index (χ0) is 17.6. The van der Waals surface area contributed by atoms with Crippen molar-refractivity contribution < 1.29 is 14.3 Å². The number of hydrogen-bond acceptors (Lipinski definition) is 6. The molecular formula is C18H22N4O3. The van der Waals surface area contributed by atoms with Crippen molar-refractivity contribution in [3.63, 3.8) is 0 Å². The highest BCUT2D eigenvalue weighted by atomic mass is 16.5. The van der Waals surface area contributed by atoms with Gasteiger partial charge in [0.25, 0.3) is 5.91 Å². The smallest absolute Gasteiger partial charge is 0.255 e. The Hall–Kier alpha value is -2.67. The van der Waals surface area contributed by atoms with Crippen molar-refractivity contribution in [3.8, 4) is 5.88 Å². The molecule has 1 aliphatic heterocycles. The Kier molecular flexibility index (Phi) is 5.45. The second-order valence-electron chi connectivity index (χ2n) is 5.96. The molecule has 1 fully saturated rings. The number of morpholine rings is 1. The topological polar surface area (TPSA) is 90.6 Å². The van der Waals surface area contributed by atoms with Crippen molar-refractivity contribution in [1.29, 1.82) is 0 Å². The fraction of sp³-hybridized carbons (Fsp3) is 0.389. The number of hydrogen-bond donors (Lipinski definition) is 1. The van der Waals surface area contributed by atoms with E-state index < -0.39 is 0 Å². The molecule has 7 heteroatoms. The molecule has 1 aliphatic rings. The third-order valence-electron chi connectivity index (χ3n) is 4.22. The number of nitrogens with zero attached hydrogens (tertiary/aromatic N) is 3. The van der Waals surface area contributed by atoms with Crippen LogP contribution >= 0.6 is 0 Å². The van der Waals surface area contributed by atoms with Gasteiger partial charge in [-0.05, 0) is 36.6 Å². The molecule has 7 nitrogen and oxygen atoms in total. The molecule has 0 bridgehead atoms. The molecule has 0 unspecified atom stereocenters.